The van der Waals surface area contributed by atoms with Crippen LogP contribution in [0, 0.1) is 0 Å². The molecule has 0 amide bonds. The van der Waals surface area contributed by atoms with Crippen LogP contribution in [0.2, 0.25) is 0 Å². The molecule has 9 heavy (non-hydrogen) atoms. The molecule has 2 nitrogen and oxygen atoms in total. The summed E-state index contributed by atoms with van der Waals surface area (Å²) in [4.78, 5) is 0. The standard InChI is InChI=1S/C6H15N.CH4O/c1-3-5-6(7)4-2;1-2/h6H,3-5,7H2,1-2H3;2H,1H3. The van der Waals surface area contributed by atoms with Crippen LogP contribution in [0.1, 0.15) is 33.1 Å². The van der Waals surface area contributed by atoms with Gasteiger partial charge in [0.25, 0.3) is 0 Å². The molecule has 58 valence electrons. The summed E-state index contributed by atoms with van der Waals surface area (Å²) in [7, 11) is 1.00. The van der Waals surface area contributed by atoms with Gasteiger partial charge in [-0.3, -0.25) is 0 Å². The molecule has 0 spiro atoms. The molecule has 0 saturated heterocycles. The van der Waals surface area contributed by atoms with E-state index >= 15 is 0 Å². The van der Waals surface area contributed by atoms with Crippen molar-refractivity contribution in [3.8, 4) is 0 Å². The molecule has 0 rings (SSSR count). The summed E-state index contributed by atoms with van der Waals surface area (Å²) in [5.41, 5.74) is 5.58. The van der Waals surface area contributed by atoms with Crippen molar-refractivity contribution in [2.24, 2.45) is 5.73 Å². The van der Waals surface area contributed by atoms with Crippen LogP contribution in [-0.2, 0) is 0 Å². The molecule has 0 saturated carbocycles. The summed E-state index contributed by atoms with van der Waals surface area (Å²) in [5, 5.41) is 7.00. The molecule has 1 unspecified atom stereocenters. The minimum absolute atomic E-state index is 0.449. The molecule has 0 heterocycles. The lowest BCUT2D eigenvalue weighted by Gasteiger charge is -2.03. The Bertz CT molecular complexity index is 39.9. The number of aliphatic hydroxyl groups is 1. The fourth-order valence-corrected chi connectivity index (χ4v) is 0.575. The summed E-state index contributed by atoms with van der Waals surface area (Å²) in [5.74, 6) is 0. The number of nitrogens with two attached hydrogens (primary N) is 1. The Hall–Kier alpha value is -0.0800. The number of aliphatic hydroxyl groups excluding tert-OH is 1. The topological polar surface area (TPSA) is 46.2 Å². The first-order valence-corrected chi connectivity index (χ1v) is 3.51. The van der Waals surface area contributed by atoms with Crippen LogP contribution in [-0.4, -0.2) is 18.3 Å². The Balaban J connectivity index is 0. The smallest absolute Gasteiger partial charge is 0.0319 e. The van der Waals surface area contributed by atoms with E-state index in [-0.39, 0.29) is 0 Å². The van der Waals surface area contributed by atoms with Crippen LogP contribution in [0.5, 0.6) is 0 Å². The molecule has 0 aliphatic heterocycles. The minimum Gasteiger partial charge on any atom is -0.400 e. The second kappa shape index (κ2) is 10.8. The summed E-state index contributed by atoms with van der Waals surface area (Å²) in [6, 6.07) is 0.449. The molecule has 0 aromatic rings. The zero-order chi connectivity index (χ0) is 7.70. The zero-order valence-corrected chi connectivity index (χ0v) is 6.72. The van der Waals surface area contributed by atoms with Crippen LogP contribution in [0.15, 0.2) is 0 Å². The van der Waals surface area contributed by atoms with Gasteiger partial charge in [0.2, 0.25) is 0 Å². The Morgan fingerprint density at radius 1 is 1.33 bits per heavy atom. The largest absolute Gasteiger partial charge is 0.400 e. The highest BCUT2D eigenvalue weighted by Crippen LogP contribution is 1.95. The third kappa shape index (κ3) is 11.5. The lowest BCUT2D eigenvalue weighted by atomic mass is 10.1. The van der Waals surface area contributed by atoms with E-state index in [2.05, 4.69) is 13.8 Å². The summed E-state index contributed by atoms with van der Waals surface area (Å²) in [6.07, 6.45) is 3.51. The average molecular weight is 133 g/mol. The Morgan fingerprint density at radius 2 is 1.78 bits per heavy atom. The van der Waals surface area contributed by atoms with Crippen molar-refractivity contribution in [1.29, 1.82) is 0 Å². The molecule has 0 aromatic carbocycles. The third-order valence-corrected chi connectivity index (χ3v) is 1.18. The van der Waals surface area contributed by atoms with E-state index in [1.165, 1.54) is 12.8 Å². The maximum absolute atomic E-state index is 7.00. The molecule has 3 N–H and O–H groups in total. The van der Waals surface area contributed by atoms with Crippen LogP contribution in [0.4, 0.5) is 0 Å². The van der Waals surface area contributed by atoms with Crippen LogP contribution in [0.25, 0.3) is 0 Å². The number of rotatable bonds is 3. The summed E-state index contributed by atoms with van der Waals surface area (Å²) in [6.45, 7) is 4.29. The van der Waals surface area contributed by atoms with Gasteiger partial charge in [-0.25, -0.2) is 0 Å². The first kappa shape index (κ1) is 11.7. The maximum atomic E-state index is 7.00. The SMILES string of the molecule is CCCC(N)CC.CO. The molecule has 0 aromatic heterocycles. The normalized spacial score (nSPS) is 11.7. The monoisotopic (exact) mass is 133 g/mol. The fourth-order valence-electron chi connectivity index (χ4n) is 0.575. The van der Waals surface area contributed by atoms with E-state index in [1.54, 1.807) is 0 Å². The van der Waals surface area contributed by atoms with Crippen molar-refractivity contribution in [1.82, 2.24) is 0 Å². The van der Waals surface area contributed by atoms with E-state index in [0.717, 1.165) is 13.5 Å². The molecule has 0 radical (unpaired) electrons. The molecular weight excluding hydrogens is 114 g/mol. The van der Waals surface area contributed by atoms with Crippen molar-refractivity contribution < 1.29 is 5.11 Å². The molecule has 0 aliphatic rings. The second-order valence-corrected chi connectivity index (χ2v) is 1.96. The van der Waals surface area contributed by atoms with Crippen molar-refractivity contribution in [2.45, 2.75) is 39.2 Å². The third-order valence-electron chi connectivity index (χ3n) is 1.18. The van der Waals surface area contributed by atoms with Crippen molar-refractivity contribution in [3.63, 3.8) is 0 Å². The molecule has 0 aliphatic carbocycles. The number of hydrogen-bond acceptors (Lipinski definition) is 2. The molecule has 1 atom stereocenters. The van der Waals surface area contributed by atoms with Gasteiger partial charge in [0.05, 0.1) is 0 Å². The van der Waals surface area contributed by atoms with Crippen LogP contribution < -0.4 is 5.73 Å². The first-order valence-electron chi connectivity index (χ1n) is 3.51. The highest BCUT2D eigenvalue weighted by Gasteiger charge is 1.92. The van der Waals surface area contributed by atoms with E-state index < -0.39 is 0 Å². The van der Waals surface area contributed by atoms with E-state index in [1.807, 2.05) is 0 Å². The van der Waals surface area contributed by atoms with Gasteiger partial charge in [0.15, 0.2) is 0 Å². The van der Waals surface area contributed by atoms with E-state index in [4.69, 9.17) is 10.8 Å². The predicted molar refractivity (Wildman–Crippen MR) is 41.3 cm³/mol. The Labute approximate surface area is 58.1 Å². The highest BCUT2D eigenvalue weighted by molar-refractivity contribution is 4.54. The Morgan fingerprint density at radius 3 is 1.89 bits per heavy atom. The zero-order valence-electron chi connectivity index (χ0n) is 6.72. The second-order valence-electron chi connectivity index (χ2n) is 1.96. The van der Waals surface area contributed by atoms with Crippen molar-refractivity contribution in [3.05, 3.63) is 0 Å². The van der Waals surface area contributed by atoms with Crippen LogP contribution >= 0.6 is 0 Å². The first-order chi connectivity index (χ1) is 4.31. The molecule has 0 bridgehead atoms. The summed E-state index contributed by atoms with van der Waals surface area (Å²) >= 11 is 0. The highest BCUT2D eigenvalue weighted by atomic mass is 16.2. The van der Waals surface area contributed by atoms with Crippen molar-refractivity contribution >= 4 is 0 Å². The minimum atomic E-state index is 0.449. The van der Waals surface area contributed by atoms with Crippen molar-refractivity contribution in [2.75, 3.05) is 7.11 Å². The molecule has 2 heteroatoms. The van der Waals surface area contributed by atoms with Gasteiger partial charge >= 0.3 is 0 Å². The predicted octanol–water partition coefficient (Wildman–Crippen LogP) is 1.13. The van der Waals surface area contributed by atoms with Gasteiger partial charge in [-0.05, 0) is 12.8 Å². The average Bonchev–Trinajstić information content (AvgIpc) is 1.93. The lowest BCUT2D eigenvalue weighted by molar-refractivity contribution is 0.399. The molecule has 0 fully saturated rings. The van der Waals surface area contributed by atoms with E-state index in [0.29, 0.717) is 6.04 Å². The van der Waals surface area contributed by atoms with Gasteiger partial charge in [-0.2, -0.15) is 0 Å². The van der Waals surface area contributed by atoms with E-state index in [9.17, 15) is 0 Å². The fraction of sp³-hybridized carbons (Fsp3) is 1.00. The quantitative estimate of drug-likeness (QED) is 0.606. The van der Waals surface area contributed by atoms with Gasteiger partial charge in [0.1, 0.15) is 0 Å². The van der Waals surface area contributed by atoms with Gasteiger partial charge in [0, 0.05) is 13.2 Å². The molecular formula is C7H19NO. The van der Waals surface area contributed by atoms with Gasteiger partial charge < -0.3 is 10.8 Å². The lowest BCUT2D eigenvalue weighted by Crippen LogP contribution is -2.17. The number of hydrogen-bond donors (Lipinski definition) is 2. The summed E-state index contributed by atoms with van der Waals surface area (Å²) < 4.78 is 0. The maximum Gasteiger partial charge on any atom is 0.0319 e. The Kier molecular flexibility index (Phi) is 14.0. The van der Waals surface area contributed by atoms with Gasteiger partial charge in [-0.1, -0.05) is 20.3 Å². The van der Waals surface area contributed by atoms with Gasteiger partial charge in [-0.15, -0.1) is 0 Å². The van der Waals surface area contributed by atoms with Crippen LogP contribution in [0.3, 0.4) is 0 Å².